The van der Waals surface area contributed by atoms with E-state index < -0.39 is 0 Å². The topological polar surface area (TPSA) is 70.1 Å². The number of piperidine rings is 1. The summed E-state index contributed by atoms with van der Waals surface area (Å²) in [4.78, 5) is 29.2. The second-order valence-electron chi connectivity index (χ2n) is 6.11. The first-order valence-electron chi connectivity index (χ1n) is 8.38. The Morgan fingerprint density at radius 1 is 1.30 bits per heavy atom. The van der Waals surface area contributed by atoms with Crippen LogP contribution in [0.1, 0.15) is 32.2 Å². The van der Waals surface area contributed by atoms with Gasteiger partial charge in [0.1, 0.15) is 0 Å². The average molecular weight is 316 g/mol. The summed E-state index contributed by atoms with van der Waals surface area (Å²) in [6.45, 7) is 4.78. The third-order valence-corrected chi connectivity index (χ3v) is 4.51. The van der Waals surface area contributed by atoms with Gasteiger partial charge < -0.3 is 15.2 Å². The number of aromatic amines is 1. The number of nitrogens with zero attached hydrogens (tertiary/aromatic N) is 2. The standard InChI is InChI=1S/C17H24N4O2/c1-2-9-18-12-16(22)20-10-7-13(8-11-20)21-15-6-4-3-5-14(15)19-17(21)23/h3-6,13,18H,2,7-12H2,1H3,(H,19,23). The van der Waals surface area contributed by atoms with Crippen molar-refractivity contribution in [3.8, 4) is 0 Å². The van der Waals surface area contributed by atoms with Gasteiger partial charge in [-0.1, -0.05) is 19.1 Å². The van der Waals surface area contributed by atoms with Crippen LogP contribution in [0.3, 0.4) is 0 Å². The first-order chi connectivity index (χ1) is 11.2. The van der Waals surface area contributed by atoms with Gasteiger partial charge in [-0.25, -0.2) is 4.79 Å². The highest BCUT2D eigenvalue weighted by Crippen LogP contribution is 2.24. The molecule has 23 heavy (non-hydrogen) atoms. The highest BCUT2D eigenvalue weighted by atomic mass is 16.2. The number of benzene rings is 1. The molecule has 1 amide bonds. The molecule has 0 radical (unpaired) electrons. The van der Waals surface area contributed by atoms with Crippen LogP contribution >= 0.6 is 0 Å². The molecule has 1 fully saturated rings. The second-order valence-corrected chi connectivity index (χ2v) is 6.11. The van der Waals surface area contributed by atoms with Crippen LogP contribution in [-0.4, -0.2) is 46.5 Å². The SMILES string of the molecule is CCCNCC(=O)N1CCC(n2c(=O)[nH]c3ccccc32)CC1. The minimum atomic E-state index is -0.0550. The molecular weight excluding hydrogens is 292 g/mol. The van der Waals surface area contributed by atoms with E-state index in [0.29, 0.717) is 19.6 Å². The number of hydrogen-bond donors (Lipinski definition) is 2. The maximum Gasteiger partial charge on any atom is 0.326 e. The lowest BCUT2D eigenvalue weighted by atomic mass is 10.0. The zero-order valence-electron chi connectivity index (χ0n) is 13.5. The number of likely N-dealkylation sites (tertiary alicyclic amines) is 1. The Kier molecular flexibility index (Phi) is 4.81. The van der Waals surface area contributed by atoms with Crippen molar-refractivity contribution in [1.82, 2.24) is 19.8 Å². The number of nitrogens with one attached hydrogen (secondary N) is 2. The number of hydrogen-bond acceptors (Lipinski definition) is 3. The van der Waals surface area contributed by atoms with Crippen LogP contribution in [0.5, 0.6) is 0 Å². The van der Waals surface area contributed by atoms with Crippen LogP contribution < -0.4 is 11.0 Å². The quantitative estimate of drug-likeness (QED) is 0.821. The molecule has 1 aromatic heterocycles. The maximum atomic E-state index is 12.2. The highest BCUT2D eigenvalue weighted by molar-refractivity contribution is 5.78. The van der Waals surface area contributed by atoms with Gasteiger partial charge in [-0.3, -0.25) is 9.36 Å². The van der Waals surface area contributed by atoms with E-state index in [2.05, 4.69) is 17.2 Å². The van der Waals surface area contributed by atoms with Crippen LogP contribution in [0.2, 0.25) is 0 Å². The van der Waals surface area contributed by atoms with E-state index in [1.807, 2.05) is 33.7 Å². The molecule has 2 heterocycles. The Morgan fingerprint density at radius 3 is 2.78 bits per heavy atom. The molecule has 6 heteroatoms. The first-order valence-corrected chi connectivity index (χ1v) is 8.38. The summed E-state index contributed by atoms with van der Waals surface area (Å²) < 4.78 is 1.85. The van der Waals surface area contributed by atoms with E-state index in [9.17, 15) is 9.59 Å². The maximum absolute atomic E-state index is 12.2. The third-order valence-electron chi connectivity index (χ3n) is 4.51. The van der Waals surface area contributed by atoms with Gasteiger partial charge in [0.15, 0.2) is 0 Å². The van der Waals surface area contributed by atoms with Gasteiger partial charge in [0, 0.05) is 19.1 Å². The predicted octanol–water partition coefficient (Wildman–Crippen LogP) is 1.49. The van der Waals surface area contributed by atoms with E-state index in [1.54, 1.807) is 0 Å². The van der Waals surface area contributed by atoms with Crippen LogP contribution in [0.25, 0.3) is 11.0 Å². The number of fused-ring (bicyclic) bond motifs is 1. The molecule has 0 saturated carbocycles. The van der Waals surface area contributed by atoms with Crippen molar-refractivity contribution in [3.63, 3.8) is 0 Å². The smallest absolute Gasteiger partial charge is 0.326 e. The zero-order chi connectivity index (χ0) is 16.2. The Bertz CT molecular complexity index is 726. The fourth-order valence-corrected chi connectivity index (χ4v) is 3.29. The minimum absolute atomic E-state index is 0.0550. The molecule has 0 unspecified atom stereocenters. The monoisotopic (exact) mass is 316 g/mol. The van der Waals surface area contributed by atoms with Crippen molar-refractivity contribution < 1.29 is 4.79 Å². The van der Waals surface area contributed by atoms with Gasteiger partial charge in [0.05, 0.1) is 17.6 Å². The van der Waals surface area contributed by atoms with Crippen molar-refractivity contribution in [2.75, 3.05) is 26.2 Å². The molecule has 1 aliphatic rings. The number of carbonyl (C=O) groups excluding carboxylic acids is 1. The van der Waals surface area contributed by atoms with E-state index in [0.717, 1.165) is 36.8 Å². The summed E-state index contributed by atoms with van der Waals surface area (Å²) in [6, 6.07) is 7.92. The van der Waals surface area contributed by atoms with Gasteiger partial charge in [-0.05, 0) is 37.9 Å². The lowest BCUT2D eigenvalue weighted by Crippen LogP contribution is -2.44. The summed E-state index contributed by atoms with van der Waals surface area (Å²) in [5.41, 5.74) is 1.77. The number of aromatic nitrogens is 2. The van der Waals surface area contributed by atoms with Crippen LogP contribution in [0.4, 0.5) is 0 Å². The average Bonchev–Trinajstić information content (AvgIpc) is 2.91. The first kappa shape index (κ1) is 15.8. The van der Waals surface area contributed by atoms with E-state index in [-0.39, 0.29) is 17.6 Å². The largest absolute Gasteiger partial charge is 0.341 e. The third kappa shape index (κ3) is 3.32. The van der Waals surface area contributed by atoms with E-state index >= 15 is 0 Å². The summed E-state index contributed by atoms with van der Waals surface area (Å²) in [7, 11) is 0. The summed E-state index contributed by atoms with van der Waals surface area (Å²) in [6.07, 6.45) is 2.67. The molecule has 0 aliphatic carbocycles. The molecule has 1 aromatic carbocycles. The second kappa shape index (κ2) is 7.00. The molecule has 1 saturated heterocycles. The summed E-state index contributed by atoms with van der Waals surface area (Å²) in [5.74, 6) is 0.156. The van der Waals surface area contributed by atoms with Crippen molar-refractivity contribution in [1.29, 1.82) is 0 Å². The lowest BCUT2D eigenvalue weighted by molar-refractivity contribution is -0.131. The van der Waals surface area contributed by atoms with Gasteiger partial charge >= 0.3 is 5.69 Å². The normalized spacial score (nSPS) is 16.1. The Morgan fingerprint density at radius 2 is 2.04 bits per heavy atom. The highest BCUT2D eigenvalue weighted by Gasteiger charge is 2.25. The van der Waals surface area contributed by atoms with Crippen LogP contribution in [0, 0.1) is 0 Å². The number of imidazole rings is 1. The van der Waals surface area contributed by atoms with Gasteiger partial charge in [0.25, 0.3) is 0 Å². The molecule has 0 bridgehead atoms. The number of para-hydroxylation sites is 2. The summed E-state index contributed by atoms with van der Waals surface area (Å²) >= 11 is 0. The van der Waals surface area contributed by atoms with Gasteiger partial charge in [-0.15, -0.1) is 0 Å². The van der Waals surface area contributed by atoms with E-state index in [1.165, 1.54) is 0 Å². The van der Waals surface area contributed by atoms with Crippen molar-refractivity contribution in [2.24, 2.45) is 0 Å². The van der Waals surface area contributed by atoms with E-state index in [4.69, 9.17) is 0 Å². The molecule has 124 valence electrons. The molecular formula is C17H24N4O2. The van der Waals surface area contributed by atoms with Crippen molar-refractivity contribution in [3.05, 3.63) is 34.7 Å². The Labute approximate surface area is 135 Å². The Hall–Kier alpha value is -2.08. The molecule has 6 nitrogen and oxygen atoms in total. The lowest BCUT2D eigenvalue weighted by Gasteiger charge is -2.32. The molecule has 1 aliphatic heterocycles. The fourth-order valence-electron chi connectivity index (χ4n) is 3.29. The molecule has 3 rings (SSSR count). The predicted molar refractivity (Wildman–Crippen MR) is 90.6 cm³/mol. The number of carbonyl (C=O) groups is 1. The number of rotatable bonds is 5. The Balaban J connectivity index is 1.65. The number of H-pyrrole nitrogens is 1. The molecule has 0 atom stereocenters. The summed E-state index contributed by atoms with van der Waals surface area (Å²) in [5, 5.41) is 3.15. The van der Waals surface area contributed by atoms with Crippen molar-refractivity contribution in [2.45, 2.75) is 32.2 Å². The fraction of sp³-hybridized carbons (Fsp3) is 0.529. The minimum Gasteiger partial charge on any atom is -0.341 e. The zero-order valence-corrected chi connectivity index (χ0v) is 13.5. The van der Waals surface area contributed by atoms with Crippen molar-refractivity contribution >= 4 is 16.9 Å². The molecule has 2 N–H and O–H groups in total. The van der Waals surface area contributed by atoms with Crippen LogP contribution in [-0.2, 0) is 4.79 Å². The molecule has 2 aromatic rings. The van der Waals surface area contributed by atoms with Crippen LogP contribution in [0.15, 0.2) is 29.1 Å². The van der Waals surface area contributed by atoms with Gasteiger partial charge in [0.2, 0.25) is 5.91 Å². The van der Waals surface area contributed by atoms with Gasteiger partial charge in [-0.2, -0.15) is 0 Å². The molecule has 0 spiro atoms. The number of amides is 1.